The number of aromatic nitrogens is 1. The van der Waals surface area contributed by atoms with E-state index in [-0.39, 0.29) is 0 Å². The molecule has 0 saturated heterocycles. The molecule has 0 aliphatic heterocycles. The lowest BCUT2D eigenvalue weighted by Gasteiger charge is -2.16. The van der Waals surface area contributed by atoms with Gasteiger partial charge in [-0.15, -0.1) is 0 Å². The molecule has 16 heavy (non-hydrogen) atoms. The van der Waals surface area contributed by atoms with Crippen molar-refractivity contribution in [3.8, 4) is 0 Å². The molecule has 88 valence electrons. The number of hydrogen-bond acceptors (Lipinski definition) is 2. The molecule has 1 aliphatic carbocycles. The Balaban J connectivity index is 1.84. The Morgan fingerprint density at radius 1 is 1.25 bits per heavy atom. The normalized spacial score (nSPS) is 18.3. The second-order valence-electron chi connectivity index (χ2n) is 4.82. The van der Waals surface area contributed by atoms with Gasteiger partial charge in [-0.25, -0.2) is 0 Å². The summed E-state index contributed by atoms with van der Waals surface area (Å²) in [6, 6.07) is 4.92. The van der Waals surface area contributed by atoms with Crippen LogP contribution in [0.1, 0.15) is 49.8 Å². The fraction of sp³-hybridized carbons (Fsp3) is 0.643. The minimum Gasteiger partial charge on any atom is -0.310 e. The molecule has 2 heteroatoms. The van der Waals surface area contributed by atoms with Crippen molar-refractivity contribution < 1.29 is 0 Å². The standard InChI is InChI=1S/C14H22N2/c1-12-13(7-6-10-15-12)11-16-14-8-4-2-3-5-9-14/h6-7,10,14,16H,2-5,8-9,11H2,1H3. The third-order valence-corrected chi connectivity index (χ3v) is 3.55. The lowest BCUT2D eigenvalue weighted by atomic mass is 10.1. The van der Waals surface area contributed by atoms with E-state index in [9.17, 15) is 0 Å². The Morgan fingerprint density at radius 2 is 2.00 bits per heavy atom. The van der Waals surface area contributed by atoms with Gasteiger partial charge in [-0.2, -0.15) is 0 Å². The van der Waals surface area contributed by atoms with E-state index in [1.54, 1.807) is 0 Å². The predicted molar refractivity (Wildman–Crippen MR) is 67.3 cm³/mol. The molecule has 1 N–H and O–H groups in total. The molecule has 2 rings (SSSR count). The summed E-state index contributed by atoms with van der Waals surface area (Å²) in [5, 5.41) is 3.68. The van der Waals surface area contributed by atoms with Crippen LogP contribution in [-0.4, -0.2) is 11.0 Å². The summed E-state index contributed by atoms with van der Waals surface area (Å²) in [4.78, 5) is 4.32. The highest BCUT2D eigenvalue weighted by atomic mass is 14.9. The largest absolute Gasteiger partial charge is 0.310 e. The monoisotopic (exact) mass is 218 g/mol. The number of pyridine rings is 1. The molecule has 1 aromatic rings. The zero-order valence-electron chi connectivity index (χ0n) is 10.2. The summed E-state index contributed by atoms with van der Waals surface area (Å²) in [5.74, 6) is 0. The van der Waals surface area contributed by atoms with Gasteiger partial charge < -0.3 is 5.32 Å². The number of nitrogens with zero attached hydrogens (tertiary/aromatic N) is 1. The van der Waals surface area contributed by atoms with E-state index in [4.69, 9.17) is 0 Å². The lowest BCUT2D eigenvalue weighted by molar-refractivity contribution is 0.458. The Morgan fingerprint density at radius 3 is 2.69 bits per heavy atom. The summed E-state index contributed by atoms with van der Waals surface area (Å²) in [5.41, 5.74) is 2.50. The van der Waals surface area contributed by atoms with Gasteiger partial charge in [-0.3, -0.25) is 4.98 Å². The average molecular weight is 218 g/mol. The van der Waals surface area contributed by atoms with Crippen molar-refractivity contribution in [2.45, 2.75) is 58.0 Å². The first-order valence-corrected chi connectivity index (χ1v) is 6.50. The van der Waals surface area contributed by atoms with Crippen molar-refractivity contribution in [1.29, 1.82) is 0 Å². The van der Waals surface area contributed by atoms with Crippen molar-refractivity contribution in [2.75, 3.05) is 0 Å². The molecule has 1 saturated carbocycles. The van der Waals surface area contributed by atoms with E-state index >= 15 is 0 Å². The molecule has 0 bridgehead atoms. The predicted octanol–water partition coefficient (Wildman–Crippen LogP) is 3.20. The smallest absolute Gasteiger partial charge is 0.0417 e. The highest BCUT2D eigenvalue weighted by Gasteiger charge is 2.11. The van der Waals surface area contributed by atoms with Crippen LogP contribution < -0.4 is 5.32 Å². The summed E-state index contributed by atoms with van der Waals surface area (Å²) in [7, 11) is 0. The number of nitrogens with one attached hydrogen (secondary N) is 1. The highest BCUT2D eigenvalue weighted by molar-refractivity contribution is 5.17. The summed E-state index contributed by atoms with van der Waals surface area (Å²) in [6.45, 7) is 3.06. The van der Waals surface area contributed by atoms with Crippen molar-refractivity contribution in [3.63, 3.8) is 0 Å². The fourth-order valence-electron chi connectivity index (χ4n) is 2.44. The van der Waals surface area contributed by atoms with Crippen LogP contribution in [0.25, 0.3) is 0 Å². The van der Waals surface area contributed by atoms with Gasteiger partial charge in [0.15, 0.2) is 0 Å². The third-order valence-electron chi connectivity index (χ3n) is 3.55. The molecule has 0 spiro atoms. The van der Waals surface area contributed by atoms with Crippen molar-refractivity contribution in [1.82, 2.24) is 10.3 Å². The van der Waals surface area contributed by atoms with E-state index in [0.29, 0.717) is 0 Å². The minimum atomic E-state index is 0.724. The SMILES string of the molecule is Cc1ncccc1CNC1CCCCCC1. The first-order valence-electron chi connectivity index (χ1n) is 6.50. The second kappa shape index (κ2) is 6.00. The maximum Gasteiger partial charge on any atom is 0.0417 e. The van der Waals surface area contributed by atoms with Gasteiger partial charge in [0, 0.05) is 24.5 Å². The van der Waals surface area contributed by atoms with Gasteiger partial charge in [-0.1, -0.05) is 31.7 Å². The Hall–Kier alpha value is -0.890. The van der Waals surface area contributed by atoms with Crippen molar-refractivity contribution >= 4 is 0 Å². The molecule has 0 radical (unpaired) electrons. The topological polar surface area (TPSA) is 24.9 Å². The zero-order valence-corrected chi connectivity index (χ0v) is 10.2. The van der Waals surface area contributed by atoms with E-state index in [2.05, 4.69) is 23.3 Å². The molecule has 1 heterocycles. The van der Waals surface area contributed by atoms with Crippen LogP contribution in [0.4, 0.5) is 0 Å². The molecule has 0 amide bonds. The molecule has 0 unspecified atom stereocenters. The number of aryl methyl sites for hydroxylation is 1. The molecule has 0 aromatic carbocycles. The second-order valence-corrected chi connectivity index (χ2v) is 4.82. The molecule has 1 aliphatic rings. The maximum atomic E-state index is 4.32. The van der Waals surface area contributed by atoms with Gasteiger partial charge in [-0.05, 0) is 31.4 Å². The average Bonchev–Trinajstić information content (AvgIpc) is 2.56. The van der Waals surface area contributed by atoms with Gasteiger partial charge in [0.25, 0.3) is 0 Å². The Kier molecular flexibility index (Phi) is 4.34. The molecule has 0 atom stereocenters. The highest BCUT2D eigenvalue weighted by Crippen LogP contribution is 2.17. The third kappa shape index (κ3) is 3.31. The Bertz CT molecular complexity index is 314. The summed E-state index contributed by atoms with van der Waals surface area (Å²) < 4.78 is 0. The quantitative estimate of drug-likeness (QED) is 0.788. The van der Waals surface area contributed by atoms with Crippen LogP contribution in [0.5, 0.6) is 0 Å². The van der Waals surface area contributed by atoms with Crippen LogP contribution in [-0.2, 0) is 6.54 Å². The van der Waals surface area contributed by atoms with E-state index in [1.165, 1.54) is 44.1 Å². The van der Waals surface area contributed by atoms with Crippen LogP contribution in [0, 0.1) is 6.92 Å². The minimum absolute atomic E-state index is 0.724. The molecule has 1 fully saturated rings. The first kappa shape index (κ1) is 11.6. The number of rotatable bonds is 3. The maximum absolute atomic E-state index is 4.32. The van der Waals surface area contributed by atoms with Crippen LogP contribution in [0.2, 0.25) is 0 Å². The van der Waals surface area contributed by atoms with Gasteiger partial charge >= 0.3 is 0 Å². The molecule has 2 nitrogen and oxygen atoms in total. The van der Waals surface area contributed by atoms with Crippen LogP contribution in [0.15, 0.2) is 18.3 Å². The lowest BCUT2D eigenvalue weighted by Crippen LogP contribution is -2.28. The molecular weight excluding hydrogens is 196 g/mol. The fourth-order valence-corrected chi connectivity index (χ4v) is 2.44. The van der Waals surface area contributed by atoms with Crippen molar-refractivity contribution in [3.05, 3.63) is 29.6 Å². The van der Waals surface area contributed by atoms with Gasteiger partial charge in [0.1, 0.15) is 0 Å². The molecule has 1 aromatic heterocycles. The number of hydrogen-bond donors (Lipinski definition) is 1. The van der Waals surface area contributed by atoms with E-state index in [0.717, 1.165) is 18.3 Å². The van der Waals surface area contributed by atoms with Crippen LogP contribution in [0.3, 0.4) is 0 Å². The van der Waals surface area contributed by atoms with E-state index in [1.807, 2.05) is 12.3 Å². The first-order chi connectivity index (χ1) is 7.86. The zero-order chi connectivity index (χ0) is 11.2. The van der Waals surface area contributed by atoms with Gasteiger partial charge in [0.2, 0.25) is 0 Å². The van der Waals surface area contributed by atoms with E-state index < -0.39 is 0 Å². The Labute approximate surface area is 98.5 Å². The molecular formula is C14H22N2. The summed E-state index contributed by atoms with van der Waals surface area (Å²) in [6.07, 6.45) is 10.2. The van der Waals surface area contributed by atoms with Crippen LogP contribution >= 0.6 is 0 Å². The summed E-state index contributed by atoms with van der Waals surface area (Å²) >= 11 is 0. The van der Waals surface area contributed by atoms with Gasteiger partial charge in [0.05, 0.1) is 0 Å². The van der Waals surface area contributed by atoms with Crippen molar-refractivity contribution in [2.24, 2.45) is 0 Å².